The molecule has 0 spiro atoms. The zero-order valence-corrected chi connectivity index (χ0v) is 35.3. The molecule has 6 rings (SSSR count). The lowest BCUT2D eigenvalue weighted by molar-refractivity contribution is -0.382. The molecule has 0 aromatic rings. The van der Waals surface area contributed by atoms with Gasteiger partial charge >= 0.3 is 0 Å². The van der Waals surface area contributed by atoms with Gasteiger partial charge < -0.3 is 75.1 Å². The van der Waals surface area contributed by atoms with Crippen LogP contribution >= 0.6 is 0 Å². The number of hydrogen-bond acceptors (Lipinski definition) is 15. The zero-order valence-electron chi connectivity index (χ0n) is 35.3. The second kappa shape index (κ2) is 15.6. The van der Waals surface area contributed by atoms with Gasteiger partial charge in [-0.3, -0.25) is 0 Å². The number of hydrogen-bond donors (Lipinski definition) is 11. The molecule has 22 unspecified atom stereocenters. The van der Waals surface area contributed by atoms with Crippen LogP contribution in [0.15, 0.2) is 0 Å². The average molecular weight is 819 g/mol. The van der Waals surface area contributed by atoms with Crippen LogP contribution in [0.25, 0.3) is 0 Å². The van der Waals surface area contributed by atoms with Gasteiger partial charge in [0, 0.05) is 0 Å². The third-order valence-corrected chi connectivity index (χ3v) is 17.0. The number of ether oxygens (including phenoxy) is 4. The fourth-order valence-electron chi connectivity index (χ4n) is 13.4. The minimum atomic E-state index is -1.72. The lowest BCUT2D eigenvalue weighted by atomic mass is 9.34. The van der Waals surface area contributed by atoms with Crippen LogP contribution < -0.4 is 0 Å². The van der Waals surface area contributed by atoms with E-state index in [9.17, 15) is 56.2 Å². The van der Waals surface area contributed by atoms with Crippen molar-refractivity contribution in [1.29, 1.82) is 0 Å². The predicted octanol–water partition coefficient (Wildman–Crippen LogP) is 0.313. The second-order valence-corrected chi connectivity index (χ2v) is 21.2. The Morgan fingerprint density at radius 2 is 1.42 bits per heavy atom. The summed E-state index contributed by atoms with van der Waals surface area (Å²) in [6, 6.07) is 0. The summed E-state index contributed by atoms with van der Waals surface area (Å²) in [6.07, 6.45) is -14.1. The Kier molecular flexibility index (Phi) is 12.6. The molecule has 0 aromatic carbocycles. The summed E-state index contributed by atoms with van der Waals surface area (Å²) < 4.78 is 25.1. The molecule has 4 saturated carbocycles. The molecule has 11 N–H and O–H groups in total. The van der Waals surface area contributed by atoms with Crippen molar-refractivity contribution in [2.75, 3.05) is 6.61 Å². The lowest BCUT2D eigenvalue weighted by Crippen LogP contribution is -2.71. The zero-order chi connectivity index (χ0) is 42.6. The van der Waals surface area contributed by atoms with Crippen molar-refractivity contribution in [3.05, 3.63) is 0 Å². The molecule has 2 saturated heterocycles. The van der Waals surface area contributed by atoms with Gasteiger partial charge in [0.25, 0.3) is 0 Å². The Labute approximate surface area is 337 Å². The Hall–Kier alpha value is -0.600. The molecule has 22 atom stereocenters. The molecule has 0 amide bonds. The number of fused-ring (bicyclic) bond motifs is 5. The predicted molar refractivity (Wildman–Crippen MR) is 204 cm³/mol. The summed E-state index contributed by atoms with van der Waals surface area (Å²) in [5, 5.41) is 121. The van der Waals surface area contributed by atoms with E-state index in [4.69, 9.17) is 18.9 Å². The van der Waals surface area contributed by atoms with Gasteiger partial charge in [0.15, 0.2) is 12.6 Å². The first-order valence-electron chi connectivity index (χ1n) is 21.3. The first kappa shape index (κ1) is 45.9. The van der Waals surface area contributed by atoms with E-state index in [0.29, 0.717) is 38.5 Å². The standard InChI is InChI=1S/C42H74O15/c1-19-28(47)30(49)32(51)35(54-19)57-33-31(50)29(48)23(18-43)56-36(33)55-22-17-41(8)24(39(6)13-11-25(45)37(2,3)34(22)39)16-21(44)27-20(10-14-40(27,41)7)42(9,53)15-12-26(46)38(4,5)52/h19-36,43-53H,10-18H2,1-9H3. The van der Waals surface area contributed by atoms with Gasteiger partial charge in [0.2, 0.25) is 0 Å². The molecule has 332 valence electrons. The van der Waals surface area contributed by atoms with E-state index < -0.39 is 125 Å². The summed E-state index contributed by atoms with van der Waals surface area (Å²) in [5.74, 6) is -0.978. The Balaban J connectivity index is 1.37. The number of aliphatic hydroxyl groups excluding tert-OH is 9. The van der Waals surface area contributed by atoms with Crippen molar-refractivity contribution < 1.29 is 75.1 Å². The van der Waals surface area contributed by atoms with Gasteiger partial charge in [-0.2, -0.15) is 0 Å². The molecule has 0 bridgehead atoms. The molecule has 15 heteroatoms. The molecule has 6 aliphatic rings. The van der Waals surface area contributed by atoms with Gasteiger partial charge in [0.1, 0.15) is 42.7 Å². The first-order valence-corrected chi connectivity index (χ1v) is 21.3. The SMILES string of the molecule is CC1OC(OC2C(OC3CC4(C)C(CC(O)C5C(C(C)(O)CCC(O)C(C)(C)O)CCC54C)C4(C)CCC(O)C(C)(C)C34)OC(CO)C(O)C2O)C(O)C(O)C1O. The Morgan fingerprint density at radius 1 is 0.772 bits per heavy atom. The quantitative estimate of drug-likeness (QED) is 0.133. The van der Waals surface area contributed by atoms with Gasteiger partial charge in [-0.15, -0.1) is 0 Å². The summed E-state index contributed by atoms with van der Waals surface area (Å²) in [5.41, 5.74) is -4.82. The molecular weight excluding hydrogens is 744 g/mol. The highest BCUT2D eigenvalue weighted by Crippen LogP contribution is 2.76. The van der Waals surface area contributed by atoms with Crippen LogP contribution in [0.3, 0.4) is 0 Å². The lowest BCUT2D eigenvalue weighted by Gasteiger charge is -2.72. The van der Waals surface area contributed by atoms with Crippen LogP contribution in [0.5, 0.6) is 0 Å². The fraction of sp³-hybridized carbons (Fsp3) is 1.00. The molecule has 2 aliphatic heterocycles. The van der Waals surface area contributed by atoms with E-state index in [-0.39, 0.29) is 36.5 Å². The van der Waals surface area contributed by atoms with Crippen LogP contribution in [0.4, 0.5) is 0 Å². The van der Waals surface area contributed by atoms with E-state index in [1.807, 2.05) is 13.8 Å². The van der Waals surface area contributed by atoms with Gasteiger partial charge in [0.05, 0.1) is 48.3 Å². The van der Waals surface area contributed by atoms with E-state index in [1.165, 1.54) is 20.8 Å². The molecule has 6 fully saturated rings. The van der Waals surface area contributed by atoms with Crippen molar-refractivity contribution in [3.63, 3.8) is 0 Å². The maximum atomic E-state index is 12.3. The van der Waals surface area contributed by atoms with Gasteiger partial charge in [-0.25, -0.2) is 0 Å². The molecular formula is C42H74O15. The highest BCUT2D eigenvalue weighted by Gasteiger charge is 2.73. The van der Waals surface area contributed by atoms with Crippen molar-refractivity contribution in [1.82, 2.24) is 0 Å². The van der Waals surface area contributed by atoms with Crippen molar-refractivity contribution in [2.45, 2.75) is 211 Å². The maximum Gasteiger partial charge on any atom is 0.187 e. The van der Waals surface area contributed by atoms with Crippen molar-refractivity contribution in [2.24, 2.45) is 45.3 Å². The largest absolute Gasteiger partial charge is 0.394 e. The normalized spacial score (nSPS) is 52.9. The van der Waals surface area contributed by atoms with Crippen LogP contribution in [0.1, 0.15) is 114 Å². The first-order chi connectivity index (χ1) is 26.2. The smallest absolute Gasteiger partial charge is 0.187 e. The van der Waals surface area contributed by atoms with Crippen molar-refractivity contribution in [3.8, 4) is 0 Å². The molecule has 0 radical (unpaired) electrons. The summed E-state index contributed by atoms with van der Waals surface area (Å²) in [4.78, 5) is 0. The number of rotatable bonds is 10. The van der Waals surface area contributed by atoms with Crippen LogP contribution in [0.2, 0.25) is 0 Å². The third kappa shape index (κ3) is 7.47. The summed E-state index contributed by atoms with van der Waals surface area (Å²) in [6.45, 7) is 16.4. The minimum Gasteiger partial charge on any atom is -0.394 e. The highest BCUT2D eigenvalue weighted by molar-refractivity contribution is 5.22. The summed E-state index contributed by atoms with van der Waals surface area (Å²) in [7, 11) is 0. The molecule has 2 heterocycles. The molecule has 4 aliphatic carbocycles. The highest BCUT2D eigenvalue weighted by atomic mass is 16.8. The fourth-order valence-corrected chi connectivity index (χ4v) is 13.4. The minimum absolute atomic E-state index is 0.0318. The van der Waals surface area contributed by atoms with E-state index in [2.05, 4.69) is 20.8 Å². The monoisotopic (exact) mass is 819 g/mol. The third-order valence-electron chi connectivity index (χ3n) is 17.0. The second-order valence-electron chi connectivity index (χ2n) is 21.2. The van der Waals surface area contributed by atoms with E-state index in [0.717, 1.165) is 0 Å². The van der Waals surface area contributed by atoms with Gasteiger partial charge in [-0.05, 0) is 124 Å². The van der Waals surface area contributed by atoms with Crippen LogP contribution in [-0.2, 0) is 18.9 Å². The average Bonchev–Trinajstić information content (AvgIpc) is 3.51. The number of aliphatic hydroxyl groups is 11. The van der Waals surface area contributed by atoms with E-state index >= 15 is 0 Å². The van der Waals surface area contributed by atoms with Crippen molar-refractivity contribution >= 4 is 0 Å². The van der Waals surface area contributed by atoms with Crippen LogP contribution in [0, 0.1) is 45.3 Å². The van der Waals surface area contributed by atoms with E-state index in [1.54, 1.807) is 6.92 Å². The Morgan fingerprint density at radius 3 is 2.04 bits per heavy atom. The van der Waals surface area contributed by atoms with Crippen LogP contribution in [-0.4, -0.2) is 160 Å². The molecule has 0 aromatic heterocycles. The summed E-state index contributed by atoms with van der Waals surface area (Å²) >= 11 is 0. The maximum absolute atomic E-state index is 12.3. The van der Waals surface area contributed by atoms with Gasteiger partial charge in [-0.1, -0.05) is 34.6 Å². The Bertz CT molecular complexity index is 1410. The molecule has 15 nitrogen and oxygen atoms in total. The topological polar surface area (TPSA) is 259 Å². The molecule has 57 heavy (non-hydrogen) atoms.